The molecule has 1 heterocycles. The van der Waals surface area contributed by atoms with Crippen LogP contribution in [0.5, 0.6) is 11.5 Å². The van der Waals surface area contributed by atoms with E-state index in [1.165, 1.54) is 0 Å². The summed E-state index contributed by atoms with van der Waals surface area (Å²) in [5, 5.41) is 0. The summed E-state index contributed by atoms with van der Waals surface area (Å²) in [5.74, 6) is 1.49. The van der Waals surface area contributed by atoms with Gasteiger partial charge in [0.15, 0.2) is 0 Å². The second-order valence-electron chi connectivity index (χ2n) is 7.27. The van der Waals surface area contributed by atoms with Crippen LogP contribution in [-0.2, 0) is 15.9 Å². The first-order valence-corrected chi connectivity index (χ1v) is 8.53. The average Bonchev–Trinajstić information content (AvgIpc) is 2.81. The molecule has 1 saturated heterocycles. The molecule has 1 aliphatic rings. The lowest BCUT2D eigenvalue weighted by molar-refractivity contribution is 0.00578. The topological polar surface area (TPSA) is 36.9 Å². The molecule has 4 nitrogen and oxygen atoms in total. The molecule has 2 aromatic rings. The monoisotopic (exact) mass is 340 g/mol. The lowest BCUT2D eigenvalue weighted by Crippen LogP contribution is -2.41. The average molecular weight is 340 g/mol. The molecule has 25 heavy (non-hydrogen) atoms. The van der Waals surface area contributed by atoms with E-state index in [0.29, 0.717) is 6.61 Å². The van der Waals surface area contributed by atoms with Crippen LogP contribution in [0.1, 0.15) is 33.3 Å². The first kappa shape index (κ1) is 17.8. The van der Waals surface area contributed by atoms with E-state index in [0.717, 1.165) is 22.5 Å². The van der Waals surface area contributed by atoms with Crippen molar-refractivity contribution >= 4 is 12.6 Å². The number of hydrogen-bond donors (Lipinski definition) is 0. The summed E-state index contributed by atoms with van der Waals surface area (Å²) in [6.07, 6.45) is 0. The second-order valence-corrected chi connectivity index (χ2v) is 7.27. The predicted octanol–water partition coefficient (Wildman–Crippen LogP) is 3.57. The van der Waals surface area contributed by atoms with Crippen molar-refractivity contribution in [2.24, 2.45) is 0 Å². The molecule has 0 aliphatic carbocycles. The van der Waals surface area contributed by atoms with E-state index in [4.69, 9.17) is 18.8 Å². The Morgan fingerprint density at radius 2 is 1.56 bits per heavy atom. The van der Waals surface area contributed by atoms with Crippen LogP contribution < -0.4 is 14.9 Å². The Morgan fingerprint density at radius 1 is 0.920 bits per heavy atom. The van der Waals surface area contributed by atoms with Gasteiger partial charge in [-0.2, -0.15) is 0 Å². The van der Waals surface area contributed by atoms with Crippen molar-refractivity contribution in [2.75, 3.05) is 7.11 Å². The van der Waals surface area contributed by atoms with Crippen molar-refractivity contribution < 1.29 is 18.8 Å². The third-order valence-corrected chi connectivity index (χ3v) is 4.96. The Balaban J connectivity index is 1.87. The van der Waals surface area contributed by atoms with Gasteiger partial charge < -0.3 is 18.8 Å². The van der Waals surface area contributed by atoms with Crippen LogP contribution in [0.2, 0.25) is 0 Å². The minimum atomic E-state index is -0.495. The molecule has 0 radical (unpaired) electrons. The summed E-state index contributed by atoms with van der Waals surface area (Å²) in [6, 6.07) is 15.8. The van der Waals surface area contributed by atoms with Crippen molar-refractivity contribution in [3.05, 3.63) is 54.1 Å². The molecule has 0 saturated carbocycles. The van der Waals surface area contributed by atoms with Gasteiger partial charge in [0.05, 0.1) is 18.3 Å². The van der Waals surface area contributed by atoms with Crippen molar-refractivity contribution in [3.63, 3.8) is 0 Å². The summed E-state index contributed by atoms with van der Waals surface area (Å²) < 4.78 is 23.8. The summed E-state index contributed by atoms with van der Waals surface area (Å²) in [5.41, 5.74) is 1.14. The number of benzene rings is 2. The van der Waals surface area contributed by atoms with Crippen LogP contribution >= 0.6 is 0 Å². The minimum absolute atomic E-state index is 0.405. The molecule has 0 atom stereocenters. The van der Waals surface area contributed by atoms with Gasteiger partial charge >= 0.3 is 7.12 Å². The fraction of sp³-hybridized carbons (Fsp3) is 0.400. The lowest BCUT2D eigenvalue weighted by atomic mass is 9.78. The molecule has 0 N–H and O–H groups in total. The Kier molecular flexibility index (Phi) is 4.80. The van der Waals surface area contributed by atoms with Gasteiger partial charge in [-0.1, -0.05) is 30.3 Å². The van der Waals surface area contributed by atoms with Crippen LogP contribution in [0.15, 0.2) is 48.5 Å². The molecule has 1 fully saturated rings. The van der Waals surface area contributed by atoms with E-state index < -0.39 is 18.3 Å². The zero-order chi connectivity index (χ0) is 18.1. The molecule has 1 aliphatic heterocycles. The van der Waals surface area contributed by atoms with E-state index in [1.54, 1.807) is 7.11 Å². The van der Waals surface area contributed by atoms with Gasteiger partial charge in [0.1, 0.15) is 18.1 Å². The number of hydrogen-bond acceptors (Lipinski definition) is 4. The van der Waals surface area contributed by atoms with Crippen LogP contribution in [0.3, 0.4) is 0 Å². The maximum absolute atomic E-state index is 6.18. The number of rotatable bonds is 5. The number of methoxy groups -OCH3 is 1. The van der Waals surface area contributed by atoms with Gasteiger partial charge in [-0.15, -0.1) is 0 Å². The minimum Gasteiger partial charge on any atom is -0.497 e. The van der Waals surface area contributed by atoms with Gasteiger partial charge in [-0.05, 0) is 51.5 Å². The highest BCUT2D eigenvalue weighted by Crippen LogP contribution is 2.37. The third kappa shape index (κ3) is 3.67. The zero-order valence-electron chi connectivity index (χ0n) is 15.5. The molecule has 5 heteroatoms. The van der Waals surface area contributed by atoms with Gasteiger partial charge in [0.2, 0.25) is 0 Å². The van der Waals surface area contributed by atoms with E-state index in [2.05, 4.69) is 0 Å². The number of ether oxygens (including phenoxy) is 2. The highest BCUT2D eigenvalue weighted by Gasteiger charge is 2.52. The van der Waals surface area contributed by atoms with Crippen molar-refractivity contribution in [3.8, 4) is 11.5 Å². The molecular formula is C20H25BO4. The van der Waals surface area contributed by atoms with E-state index >= 15 is 0 Å². The highest BCUT2D eigenvalue weighted by molar-refractivity contribution is 6.63. The van der Waals surface area contributed by atoms with Crippen molar-refractivity contribution in [1.82, 2.24) is 0 Å². The normalized spacial score (nSPS) is 18.2. The van der Waals surface area contributed by atoms with E-state index in [-0.39, 0.29) is 0 Å². The molecule has 132 valence electrons. The van der Waals surface area contributed by atoms with Crippen LogP contribution in [0.4, 0.5) is 0 Å². The van der Waals surface area contributed by atoms with Gasteiger partial charge in [-0.3, -0.25) is 0 Å². The Labute approximate surface area is 150 Å². The first-order chi connectivity index (χ1) is 11.8. The first-order valence-electron chi connectivity index (χ1n) is 8.53. The Morgan fingerprint density at radius 3 is 2.16 bits per heavy atom. The Hall–Kier alpha value is -1.98. The van der Waals surface area contributed by atoms with Crippen molar-refractivity contribution in [2.45, 2.75) is 45.5 Å². The van der Waals surface area contributed by atoms with Crippen LogP contribution in [-0.4, -0.2) is 25.4 Å². The van der Waals surface area contributed by atoms with E-state index in [1.807, 2.05) is 76.2 Å². The standard InChI is InChI=1S/C20H25BO4/c1-19(2)20(3,4)25-21(24-19)17-13-16(22-5)11-12-18(17)23-14-15-9-7-6-8-10-15/h6-13H,14H2,1-5H3. The lowest BCUT2D eigenvalue weighted by Gasteiger charge is -2.32. The third-order valence-electron chi connectivity index (χ3n) is 4.96. The quantitative estimate of drug-likeness (QED) is 0.780. The smallest absolute Gasteiger partial charge is 0.497 e. The largest absolute Gasteiger partial charge is 0.498 e. The summed E-state index contributed by atoms with van der Waals surface area (Å²) >= 11 is 0. The fourth-order valence-electron chi connectivity index (χ4n) is 2.67. The van der Waals surface area contributed by atoms with Gasteiger partial charge in [0.25, 0.3) is 0 Å². The van der Waals surface area contributed by atoms with Gasteiger partial charge in [-0.25, -0.2) is 0 Å². The molecule has 0 unspecified atom stereocenters. The van der Waals surface area contributed by atoms with Crippen LogP contribution in [0.25, 0.3) is 0 Å². The fourth-order valence-corrected chi connectivity index (χ4v) is 2.67. The molecular weight excluding hydrogens is 315 g/mol. The molecule has 0 amide bonds. The van der Waals surface area contributed by atoms with Crippen molar-refractivity contribution in [1.29, 1.82) is 0 Å². The molecule has 2 aromatic carbocycles. The molecule has 3 rings (SSSR count). The Bertz CT molecular complexity index is 712. The summed E-state index contributed by atoms with van der Waals surface area (Å²) in [4.78, 5) is 0. The van der Waals surface area contributed by atoms with Crippen LogP contribution in [0, 0.1) is 0 Å². The molecule has 0 spiro atoms. The summed E-state index contributed by atoms with van der Waals surface area (Å²) in [6.45, 7) is 8.64. The second kappa shape index (κ2) is 6.73. The van der Waals surface area contributed by atoms with E-state index in [9.17, 15) is 0 Å². The summed E-state index contributed by atoms with van der Waals surface area (Å²) in [7, 11) is 1.15. The van der Waals surface area contributed by atoms with Gasteiger partial charge in [0, 0.05) is 5.46 Å². The molecule has 0 aromatic heterocycles. The zero-order valence-corrected chi connectivity index (χ0v) is 15.5. The predicted molar refractivity (Wildman–Crippen MR) is 99.5 cm³/mol. The SMILES string of the molecule is COc1ccc(OCc2ccccc2)c(B2OC(C)(C)C(C)(C)O2)c1. The maximum Gasteiger partial charge on any atom is 0.498 e. The highest BCUT2D eigenvalue weighted by atomic mass is 16.7. The maximum atomic E-state index is 6.18. The molecule has 0 bridgehead atoms.